The number of aliphatic hydroxyl groups is 1. The summed E-state index contributed by atoms with van der Waals surface area (Å²) in [5, 5.41) is 13.8. The minimum atomic E-state index is -1.29. The number of carbonyl (C=O) groups is 4. The van der Waals surface area contributed by atoms with E-state index in [1.807, 2.05) is 44.2 Å². The van der Waals surface area contributed by atoms with Crippen molar-refractivity contribution in [2.24, 2.45) is 17.8 Å². The van der Waals surface area contributed by atoms with Gasteiger partial charge in [0.25, 0.3) is 0 Å². The van der Waals surface area contributed by atoms with Crippen LogP contribution in [-0.4, -0.2) is 131 Å². The predicted octanol–water partition coefficient (Wildman–Crippen LogP) is 2.86. The molecule has 4 saturated heterocycles. The lowest BCUT2D eigenvalue weighted by Gasteiger charge is -2.40. The van der Waals surface area contributed by atoms with Gasteiger partial charge in [0.05, 0.1) is 49.8 Å². The Morgan fingerprint density at radius 1 is 1.18 bits per heavy atom. The molecule has 13 heteroatoms. The highest BCUT2D eigenvalue weighted by Crippen LogP contribution is 2.60. The average Bonchev–Trinajstić information content (AvgIpc) is 3.73. The molecule has 1 aromatic carbocycles. The van der Waals surface area contributed by atoms with Gasteiger partial charge in [0.2, 0.25) is 17.7 Å². The molecule has 0 radical (unpaired) electrons. The van der Waals surface area contributed by atoms with Crippen LogP contribution in [-0.2, 0) is 33.4 Å². The van der Waals surface area contributed by atoms with Crippen molar-refractivity contribution in [3.63, 3.8) is 0 Å². The zero-order valence-electron chi connectivity index (χ0n) is 29.8. The quantitative estimate of drug-likeness (QED) is 0.131. The van der Waals surface area contributed by atoms with Gasteiger partial charge < -0.3 is 34.4 Å². The number of halogens is 1. The van der Waals surface area contributed by atoms with Crippen molar-refractivity contribution in [1.82, 2.24) is 20.0 Å². The number of ether oxygens (including phenoxy) is 3. The number of aliphatic hydroxyl groups excluding tert-OH is 1. The van der Waals surface area contributed by atoms with Gasteiger partial charge in [0.15, 0.2) is 0 Å². The Morgan fingerprint density at radius 2 is 1.90 bits per heavy atom. The minimum Gasteiger partial charge on any atom is -0.463 e. The second-order valence-corrected chi connectivity index (χ2v) is 15.6. The Kier molecular flexibility index (Phi) is 13.5. The molecule has 4 aliphatic rings. The van der Waals surface area contributed by atoms with Gasteiger partial charge in [-0.2, -0.15) is 0 Å². The van der Waals surface area contributed by atoms with Crippen LogP contribution in [0.25, 0.3) is 0 Å². The average molecular weight is 774 g/mol. The molecule has 4 heterocycles. The summed E-state index contributed by atoms with van der Waals surface area (Å²) in [7, 11) is 0. The number of likely N-dealkylation sites (tertiary alicyclic amines) is 1. The molecule has 3 amide bonds. The van der Waals surface area contributed by atoms with Crippen LogP contribution >= 0.6 is 15.9 Å². The van der Waals surface area contributed by atoms with Crippen LogP contribution in [0.4, 0.5) is 0 Å². The number of nitrogens with zero attached hydrogens (tertiary/aromatic N) is 3. The van der Waals surface area contributed by atoms with E-state index in [9.17, 15) is 24.3 Å². The second kappa shape index (κ2) is 17.6. The molecule has 1 aromatic rings. The molecular formula is C38H53BrN4O8. The molecule has 280 valence electrons. The van der Waals surface area contributed by atoms with Crippen LogP contribution in [0.2, 0.25) is 0 Å². The number of benzene rings is 1. The largest absolute Gasteiger partial charge is 0.463 e. The monoisotopic (exact) mass is 772 g/mol. The van der Waals surface area contributed by atoms with Gasteiger partial charge in [-0.1, -0.05) is 72.3 Å². The highest BCUT2D eigenvalue weighted by atomic mass is 79.9. The predicted molar refractivity (Wildman–Crippen MR) is 195 cm³/mol. The first-order chi connectivity index (χ1) is 24.6. The lowest BCUT2D eigenvalue weighted by molar-refractivity contribution is -0.151. The third-order valence-electron chi connectivity index (χ3n) is 10.5. The summed E-state index contributed by atoms with van der Waals surface area (Å²) >= 11 is 3.76. The molecule has 1 unspecified atom stereocenters. The Balaban J connectivity index is 1.46. The van der Waals surface area contributed by atoms with Crippen LogP contribution in [0.1, 0.15) is 51.1 Å². The number of carbonyl (C=O) groups excluding carboxylic acids is 4. The van der Waals surface area contributed by atoms with E-state index in [1.165, 1.54) is 4.90 Å². The van der Waals surface area contributed by atoms with Crippen LogP contribution < -0.4 is 5.32 Å². The summed E-state index contributed by atoms with van der Waals surface area (Å²) in [4.78, 5) is 61.8. The van der Waals surface area contributed by atoms with Crippen molar-refractivity contribution in [3.05, 3.63) is 61.2 Å². The molecule has 0 saturated carbocycles. The maximum Gasteiger partial charge on any atom is 0.306 e. The summed E-state index contributed by atoms with van der Waals surface area (Å²) < 4.78 is 17.8. The van der Waals surface area contributed by atoms with Crippen LogP contribution in [0, 0.1) is 17.8 Å². The molecule has 2 bridgehead atoms. The summed E-state index contributed by atoms with van der Waals surface area (Å²) in [5.41, 5.74) is -0.557. The third-order valence-corrected chi connectivity index (χ3v) is 11.4. The van der Waals surface area contributed by atoms with Crippen LogP contribution in [0.5, 0.6) is 0 Å². The molecule has 2 N–H and O–H groups in total. The first-order valence-corrected chi connectivity index (χ1v) is 19.0. The van der Waals surface area contributed by atoms with Crippen LogP contribution in [0.15, 0.2) is 55.6 Å². The lowest BCUT2D eigenvalue weighted by Crippen LogP contribution is -2.60. The van der Waals surface area contributed by atoms with Crippen molar-refractivity contribution in [2.75, 3.05) is 59.2 Å². The SMILES string of the molecule is C=CCCC(=O)OC[C@H](NC(=O)[C@@H]1[C@H]2O[C@@]3(CC2Br)[C@H](C(=O)N(CC=C)CCN2CCOCC2)N([C@@H](CO)CC(C)C)C(=O)[C@@H]13)c1ccccc1. The van der Waals surface area contributed by atoms with Crippen molar-refractivity contribution < 1.29 is 38.5 Å². The molecule has 51 heavy (non-hydrogen) atoms. The van der Waals surface area contributed by atoms with Crippen molar-refractivity contribution in [1.29, 1.82) is 0 Å². The Morgan fingerprint density at radius 3 is 2.55 bits per heavy atom. The fraction of sp³-hybridized carbons (Fsp3) is 0.632. The topological polar surface area (TPSA) is 138 Å². The fourth-order valence-electron chi connectivity index (χ4n) is 8.21. The summed E-state index contributed by atoms with van der Waals surface area (Å²) in [6.07, 6.45) is 4.10. The number of allylic oxidation sites excluding steroid dienone is 1. The third kappa shape index (κ3) is 8.43. The summed E-state index contributed by atoms with van der Waals surface area (Å²) in [6.45, 7) is 15.2. The first kappa shape index (κ1) is 39.1. The summed E-state index contributed by atoms with van der Waals surface area (Å²) in [6, 6.07) is 6.83. The fourth-order valence-corrected chi connectivity index (χ4v) is 9.15. The molecule has 12 nitrogen and oxygen atoms in total. The van der Waals surface area contributed by atoms with Gasteiger partial charge in [0.1, 0.15) is 18.2 Å². The van der Waals surface area contributed by atoms with E-state index in [2.05, 4.69) is 39.3 Å². The van der Waals surface area contributed by atoms with E-state index < -0.39 is 53.5 Å². The molecule has 8 atom stereocenters. The normalized spacial score (nSPS) is 28.3. The van der Waals surface area contributed by atoms with E-state index in [-0.39, 0.29) is 48.7 Å². The maximum absolute atomic E-state index is 14.9. The number of morpholine rings is 1. The second-order valence-electron chi connectivity index (χ2n) is 14.4. The van der Waals surface area contributed by atoms with E-state index in [0.717, 1.165) is 18.7 Å². The number of alkyl halides is 1. The maximum atomic E-state index is 14.9. The Bertz CT molecular complexity index is 1410. The van der Waals surface area contributed by atoms with Gasteiger partial charge in [-0.3, -0.25) is 24.1 Å². The Hall–Kier alpha value is -3.10. The smallest absolute Gasteiger partial charge is 0.306 e. The highest BCUT2D eigenvalue weighted by molar-refractivity contribution is 9.09. The van der Waals surface area contributed by atoms with Gasteiger partial charge in [0, 0.05) is 44.0 Å². The number of hydrogen-bond acceptors (Lipinski definition) is 9. The van der Waals surface area contributed by atoms with E-state index in [0.29, 0.717) is 45.6 Å². The number of rotatable bonds is 18. The number of esters is 1. The van der Waals surface area contributed by atoms with Crippen LogP contribution in [0.3, 0.4) is 0 Å². The molecule has 4 fully saturated rings. The molecule has 0 aromatic heterocycles. The van der Waals surface area contributed by atoms with E-state index in [4.69, 9.17) is 14.2 Å². The highest BCUT2D eigenvalue weighted by Gasteiger charge is 2.77. The molecule has 1 spiro atoms. The van der Waals surface area contributed by atoms with Gasteiger partial charge in [-0.15, -0.1) is 13.2 Å². The molecular weight excluding hydrogens is 720 g/mol. The number of fused-ring (bicyclic) bond motifs is 1. The molecule has 0 aliphatic carbocycles. The minimum absolute atomic E-state index is 0.0979. The number of nitrogens with one attached hydrogen (secondary N) is 1. The van der Waals surface area contributed by atoms with Gasteiger partial charge in [-0.25, -0.2) is 0 Å². The van der Waals surface area contributed by atoms with Gasteiger partial charge in [-0.05, 0) is 30.7 Å². The zero-order chi connectivity index (χ0) is 36.7. The number of hydrogen-bond donors (Lipinski definition) is 2. The first-order valence-electron chi connectivity index (χ1n) is 18.1. The molecule has 4 aliphatic heterocycles. The van der Waals surface area contributed by atoms with Crippen molar-refractivity contribution in [3.8, 4) is 0 Å². The van der Waals surface area contributed by atoms with Crippen molar-refractivity contribution in [2.45, 2.75) is 74.2 Å². The lowest BCUT2D eigenvalue weighted by atomic mass is 9.70. The number of amides is 3. The van der Waals surface area contributed by atoms with E-state index in [1.54, 1.807) is 17.1 Å². The van der Waals surface area contributed by atoms with E-state index >= 15 is 0 Å². The summed E-state index contributed by atoms with van der Waals surface area (Å²) in [5.74, 6) is -3.25. The van der Waals surface area contributed by atoms with Crippen molar-refractivity contribution >= 4 is 39.6 Å². The zero-order valence-corrected chi connectivity index (χ0v) is 31.4. The van der Waals surface area contributed by atoms with Gasteiger partial charge >= 0.3 is 5.97 Å². The molecule has 5 rings (SSSR count). The standard InChI is InChI=1S/C38H53BrN4O8/c1-5-7-13-30(45)50-24-29(26-11-9-8-10-12-26)40-35(46)31-32-36(47)43(27(23-44)21-25(3)4)34(38(32)22-28(39)33(31)51-38)37(48)42(14-6-2)16-15-41-17-19-49-20-18-41/h5-6,8-12,25,27-29,31-34,44H,1-2,7,13-24H2,3-4H3,(H,40,46)/t27-,28?,29+,31+,32-,33+,34+,38-/m1/s1. The Labute approximate surface area is 309 Å².